The van der Waals surface area contributed by atoms with E-state index in [9.17, 15) is 14.7 Å². The summed E-state index contributed by atoms with van der Waals surface area (Å²) in [5.74, 6) is -0.168. The van der Waals surface area contributed by atoms with Crippen LogP contribution in [0.5, 0.6) is 11.5 Å². The highest BCUT2D eigenvalue weighted by Crippen LogP contribution is 2.41. The molecule has 1 fully saturated rings. The summed E-state index contributed by atoms with van der Waals surface area (Å²) in [5.41, 5.74) is 2.20. The van der Waals surface area contributed by atoms with Crippen molar-refractivity contribution in [3.63, 3.8) is 0 Å². The van der Waals surface area contributed by atoms with Gasteiger partial charge in [-0.3, -0.25) is 9.59 Å². The molecule has 1 saturated heterocycles. The van der Waals surface area contributed by atoms with Gasteiger partial charge in [0.2, 0.25) is 0 Å². The van der Waals surface area contributed by atoms with Crippen LogP contribution in [0.25, 0.3) is 5.76 Å². The van der Waals surface area contributed by atoms with E-state index >= 15 is 0 Å². The molecule has 0 radical (unpaired) electrons. The number of imidazole rings is 1. The number of fused-ring (bicyclic) bond motifs is 1. The summed E-state index contributed by atoms with van der Waals surface area (Å²) in [4.78, 5) is 32.2. The van der Waals surface area contributed by atoms with E-state index in [0.29, 0.717) is 49.4 Å². The minimum atomic E-state index is -0.751. The van der Waals surface area contributed by atoms with Crippen LogP contribution in [0.1, 0.15) is 36.1 Å². The van der Waals surface area contributed by atoms with E-state index in [-0.39, 0.29) is 17.4 Å². The number of hydrogen-bond acceptors (Lipinski definition) is 6. The smallest absolute Gasteiger partial charge is 0.295 e. The fourth-order valence-corrected chi connectivity index (χ4v) is 4.95. The second kappa shape index (κ2) is 10.3. The predicted molar refractivity (Wildman–Crippen MR) is 138 cm³/mol. The molecule has 2 aliphatic heterocycles. The van der Waals surface area contributed by atoms with Crippen molar-refractivity contribution in [1.82, 2.24) is 14.5 Å². The van der Waals surface area contributed by atoms with Gasteiger partial charge in [0.15, 0.2) is 0 Å². The summed E-state index contributed by atoms with van der Waals surface area (Å²) in [5, 5.41) is 11.4. The van der Waals surface area contributed by atoms with Crippen LogP contribution in [0, 0.1) is 0 Å². The van der Waals surface area contributed by atoms with Crippen molar-refractivity contribution < 1.29 is 24.2 Å². The average Bonchev–Trinajstić information content (AvgIpc) is 3.61. The Labute approximate surface area is 215 Å². The number of carbonyl (C=O) groups is 2. The van der Waals surface area contributed by atoms with Crippen molar-refractivity contribution in [1.29, 1.82) is 0 Å². The Morgan fingerprint density at radius 1 is 1.24 bits per heavy atom. The number of ketones is 1. The molecular formula is C29H29N3O5. The normalized spacial score (nSPS) is 20.1. The number of aliphatic hydroxyl groups is 1. The molecule has 1 aromatic heterocycles. The standard InChI is InChI=1S/C29H29N3O5/c1-3-14-36-23-7-4-6-20(17-23)26-25(27(33)21-8-9-24-22(16-21)15-19(2)37-24)28(34)29(35)32(26)12-5-11-31-13-10-30-18-31/h3-4,6-10,13,16-19,26,33H,1,5,11-12,14-15H2,2H3. The molecule has 0 aliphatic carbocycles. The first-order chi connectivity index (χ1) is 18.0. The molecule has 2 atom stereocenters. The summed E-state index contributed by atoms with van der Waals surface area (Å²) in [6, 6.07) is 11.9. The Morgan fingerprint density at radius 2 is 2.11 bits per heavy atom. The molecule has 1 amide bonds. The van der Waals surface area contributed by atoms with Gasteiger partial charge in [-0.2, -0.15) is 0 Å². The zero-order valence-electron chi connectivity index (χ0n) is 20.7. The predicted octanol–water partition coefficient (Wildman–Crippen LogP) is 4.28. The van der Waals surface area contributed by atoms with E-state index in [2.05, 4.69) is 11.6 Å². The summed E-state index contributed by atoms with van der Waals surface area (Å²) in [6.45, 7) is 6.96. The van der Waals surface area contributed by atoms with E-state index < -0.39 is 17.7 Å². The molecule has 2 aromatic carbocycles. The van der Waals surface area contributed by atoms with Gasteiger partial charge in [0.05, 0.1) is 17.9 Å². The quantitative estimate of drug-likeness (QED) is 0.204. The lowest BCUT2D eigenvalue weighted by Gasteiger charge is -2.26. The highest BCUT2D eigenvalue weighted by atomic mass is 16.5. The summed E-state index contributed by atoms with van der Waals surface area (Å²) in [7, 11) is 0. The number of aromatic nitrogens is 2. The minimum Gasteiger partial charge on any atom is -0.507 e. The van der Waals surface area contributed by atoms with E-state index in [0.717, 1.165) is 11.3 Å². The largest absolute Gasteiger partial charge is 0.507 e. The summed E-state index contributed by atoms with van der Waals surface area (Å²) in [6.07, 6.45) is 8.28. The molecule has 37 heavy (non-hydrogen) atoms. The highest BCUT2D eigenvalue weighted by molar-refractivity contribution is 6.46. The molecule has 2 unspecified atom stereocenters. The van der Waals surface area contributed by atoms with Crippen LogP contribution < -0.4 is 9.47 Å². The fourth-order valence-electron chi connectivity index (χ4n) is 4.95. The van der Waals surface area contributed by atoms with Crippen molar-refractivity contribution in [3.8, 4) is 11.5 Å². The SMILES string of the molecule is C=CCOc1cccc(C2C(=C(O)c3ccc4c(c3)CC(C)O4)C(=O)C(=O)N2CCCn2ccnc2)c1. The van der Waals surface area contributed by atoms with Gasteiger partial charge in [-0.25, -0.2) is 4.98 Å². The van der Waals surface area contributed by atoms with E-state index in [1.807, 2.05) is 35.9 Å². The maximum absolute atomic E-state index is 13.4. The molecule has 3 heterocycles. The van der Waals surface area contributed by atoms with Gasteiger partial charge >= 0.3 is 0 Å². The first-order valence-electron chi connectivity index (χ1n) is 12.3. The third-order valence-electron chi connectivity index (χ3n) is 6.63. The maximum atomic E-state index is 13.4. The number of ether oxygens (including phenoxy) is 2. The second-order valence-electron chi connectivity index (χ2n) is 9.27. The number of nitrogens with zero attached hydrogens (tertiary/aromatic N) is 3. The Morgan fingerprint density at radius 3 is 2.89 bits per heavy atom. The van der Waals surface area contributed by atoms with Gasteiger partial charge in [-0.05, 0) is 54.8 Å². The number of Topliss-reactive ketones (excluding diaryl/α,β-unsaturated/α-hetero) is 1. The monoisotopic (exact) mass is 499 g/mol. The average molecular weight is 500 g/mol. The molecule has 0 saturated carbocycles. The van der Waals surface area contributed by atoms with E-state index in [1.165, 1.54) is 4.90 Å². The lowest BCUT2D eigenvalue weighted by Crippen LogP contribution is -2.31. The van der Waals surface area contributed by atoms with Gasteiger partial charge in [0, 0.05) is 37.5 Å². The van der Waals surface area contributed by atoms with Crippen LogP contribution in [0.15, 0.2) is 79.4 Å². The van der Waals surface area contributed by atoms with Crippen molar-refractivity contribution in [2.75, 3.05) is 13.2 Å². The van der Waals surface area contributed by atoms with Gasteiger partial charge in [0.25, 0.3) is 11.7 Å². The minimum absolute atomic E-state index is 0.0479. The van der Waals surface area contributed by atoms with Crippen molar-refractivity contribution in [2.45, 2.75) is 38.5 Å². The molecule has 8 nitrogen and oxygen atoms in total. The number of rotatable bonds is 9. The Balaban J connectivity index is 1.54. The fraction of sp³-hybridized carbons (Fsp3) is 0.276. The molecule has 1 N–H and O–H groups in total. The second-order valence-corrected chi connectivity index (χ2v) is 9.27. The number of likely N-dealkylation sites (tertiary alicyclic amines) is 1. The lowest BCUT2D eigenvalue weighted by atomic mass is 9.94. The van der Waals surface area contributed by atoms with E-state index in [4.69, 9.17) is 9.47 Å². The van der Waals surface area contributed by atoms with Crippen LogP contribution in [0.3, 0.4) is 0 Å². The van der Waals surface area contributed by atoms with Crippen molar-refractivity contribution >= 4 is 17.4 Å². The van der Waals surface area contributed by atoms with Gasteiger partial charge in [-0.1, -0.05) is 24.8 Å². The van der Waals surface area contributed by atoms with Crippen molar-refractivity contribution in [2.24, 2.45) is 0 Å². The maximum Gasteiger partial charge on any atom is 0.295 e. The number of hydrogen-bond donors (Lipinski definition) is 1. The molecule has 0 bridgehead atoms. The van der Waals surface area contributed by atoms with Gasteiger partial charge < -0.3 is 24.0 Å². The van der Waals surface area contributed by atoms with Crippen LogP contribution in [0.4, 0.5) is 0 Å². The molecule has 5 rings (SSSR count). The Hall–Kier alpha value is -4.33. The highest BCUT2D eigenvalue weighted by Gasteiger charge is 2.46. The van der Waals surface area contributed by atoms with E-state index in [1.54, 1.807) is 42.9 Å². The molecule has 190 valence electrons. The first-order valence-corrected chi connectivity index (χ1v) is 12.3. The molecule has 8 heteroatoms. The van der Waals surface area contributed by atoms with Crippen LogP contribution >= 0.6 is 0 Å². The Bertz CT molecular complexity index is 1360. The lowest BCUT2D eigenvalue weighted by molar-refractivity contribution is -0.139. The summed E-state index contributed by atoms with van der Waals surface area (Å²) < 4.78 is 13.4. The molecular weight excluding hydrogens is 470 g/mol. The molecule has 3 aromatic rings. The van der Waals surface area contributed by atoms with Crippen molar-refractivity contribution in [3.05, 3.63) is 96.1 Å². The van der Waals surface area contributed by atoms with Crippen LogP contribution in [0.2, 0.25) is 0 Å². The number of carbonyl (C=O) groups excluding carboxylic acids is 2. The number of amides is 1. The third-order valence-corrected chi connectivity index (χ3v) is 6.63. The summed E-state index contributed by atoms with van der Waals surface area (Å²) >= 11 is 0. The van der Waals surface area contributed by atoms with Crippen LogP contribution in [-0.4, -0.2) is 50.5 Å². The molecule has 0 spiro atoms. The number of aryl methyl sites for hydroxylation is 1. The Kier molecular flexibility index (Phi) is 6.81. The third kappa shape index (κ3) is 4.87. The number of aliphatic hydroxyl groups excluding tert-OH is 1. The zero-order chi connectivity index (χ0) is 25.9. The van der Waals surface area contributed by atoms with Crippen LogP contribution in [-0.2, 0) is 22.6 Å². The first kappa shape index (κ1) is 24.4. The van der Waals surface area contributed by atoms with Gasteiger partial charge in [0.1, 0.15) is 30.0 Å². The zero-order valence-corrected chi connectivity index (χ0v) is 20.7. The number of benzene rings is 2. The topological polar surface area (TPSA) is 93.9 Å². The molecule has 2 aliphatic rings. The van der Waals surface area contributed by atoms with Gasteiger partial charge in [-0.15, -0.1) is 0 Å².